The van der Waals surface area contributed by atoms with E-state index < -0.39 is 0 Å². The molecule has 0 saturated heterocycles. The van der Waals surface area contributed by atoms with E-state index >= 15 is 0 Å². The number of hydrogen-bond donors (Lipinski definition) is 2. The monoisotopic (exact) mass is 246 g/mol. The fourth-order valence-electron chi connectivity index (χ4n) is 2.16. The van der Waals surface area contributed by atoms with Crippen LogP contribution in [0.1, 0.15) is 42.5 Å². The standard InChI is InChI=1S/C14H18N2O2/c17-13-12(7-4-9-15-13)14(18)16-10-8-11-5-2-1-3-6-11/h4-5,7,9H,1-3,6,8,10H2,(H,15,17)(H,16,18). The van der Waals surface area contributed by atoms with Crippen LogP contribution in [0.2, 0.25) is 0 Å². The molecular weight excluding hydrogens is 228 g/mol. The van der Waals surface area contributed by atoms with E-state index in [1.807, 2.05) is 0 Å². The van der Waals surface area contributed by atoms with Crippen molar-refractivity contribution in [3.8, 4) is 0 Å². The van der Waals surface area contributed by atoms with Gasteiger partial charge in [-0.3, -0.25) is 9.59 Å². The summed E-state index contributed by atoms with van der Waals surface area (Å²) in [5, 5.41) is 2.79. The van der Waals surface area contributed by atoms with Crippen LogP contribution in [0.4, 0.5) is 0 Å². The number of amides is 1. The van der Waals surface area contributed by atoms with Gasteiger partial charge in [-0.15, -0.1) is 0 Å². The van der Waals surface area contributed by atoms with Crippen LogP contribution < -0.4 is 10.9 Å². The first-order chi connectivity index (χ1) is 8.77. The van der Waals surface area contributed by atoms with E-state index in [1.54, 1.807) is 6.07 Å². The number of rotatable bonds is 4. The van der Waals surface area contributed by atoms with Gasteiger partial charge < -0.3 is 10.3 Å². The Balaban J connectivity index is 1.84. The molecule has 1 aliphatic carbocycles. The van der Waals surface area contributed by atoms with Crippen LogP contribution in [-0.2, 0) is 0 Å². The lowest BCUT2D eigenvalue weighted by atomic mass is 9.97. The van der Waals surface area contributed by atoms with E-state index in [0.29, 0.717) is 6.54 Å². The van der Waals surface area contributed by atoms with Crippen molar-refractivity contribution < 1.29 is 4.79 Å². The molecule has 0 unspecified atom stereocenters. The number of nitrogens with one attached hydrogen (secondary N) is 2. The summed E-state index contributed by atoms with van der Waals surface area (Å²) in [4.78, 5) is 25.6. The molecule has 2 N–H and O–H groups in total. The quantitative estimate of drug-likeness (QED) is 0.798. The van der Waals surface area contributed by atoms with E-state index in [9.17, 15) is 9.59 Å². The minimum atomic E-state index is -0.341. The van der Waals surface area contributed by atoms with Gasteiger partial charge in [0.15, 0.2) is 0 Å². The third kappa shape index (κ3) is 3.32. The Bertz CT molecular complexity index is 503. The summed E-state index contributed by atoms with van der Waals surface area (Å²) in [7, 11) is 0. The lowest BCUT2D eigenvalue weighted by molar-refractivity contribution is 0.0952. The summed E-state index contributed by atoms with van der Waals surface area (Å²) in [6.07, 6.45) is 9.49. The van der Waals surface area contributed by atoms with Crippen molar-refractivity contribution in [2.75, 3.05) is 6.54 Å². The second kappa shape index (κ2) is 6.19. The molecule has 1 amide bonds. The Morgan fingerprint density at radius 1 is 1.39 bits per heavy atom. The highest BCUT2D eigenvalue weighted by atomic mass is 16.2. The lowest BCUT2D eigenvalue weighted by Gasteiger charge is -2.12. The number of allylic oxidation sites excluding steroid dienone is 1. The van der Waals surface area contributed by atoms with Crippen LogP contribution in [-0.4, -0.2) is 17.4 Å². The average molecular weight is 246 g/mol. The van der Waals surface area contributed by atoms with E-state index in [1.165, 1.54) is 30.7 Å². The molecule has 1 heterocycles. The molecule has 1 aliphatic rings. The number of carbonyl (C=O) groups excluding carboxylic acids is 1. The molecule has 0 spiro atoms. The molecule has 0 aliphatic heterocycles. The summed E-state index contributed by atoms with van der Waals surface area (Å²) in [5.74, 6) is -0.298. The molecule has 0 bridgehead atoms. The molecule has 0 saturated carbocycles. The zero-order valence-corrected chi connectivity index (χ0v) is 10.4. The summed E-state index contributed by atoms with van der Waals surface area (Å²) < 4.78 is 0. The summed E-state index contributed by atoms with van der Waals surface area (Å²) >= 11 is 0. The second-order valence-electron chi connectivity index (χ2n) is 4.53. The van der Waals surface area contributed by atoms with Crippen molar-refractivity contribution in [3.05, 3.63) is 45.9 Å². The Hall–Kier alpha value is -1.84. The third-order valence-corrected chi connectivity index (χ3v) is 3.18. The molecule has 4 nitrogen and oxygen atoms in total. The topological polar surface area (TPSA) is 62.0 Å². The highest BCUT2D eigenvalue weighted by molar-refractivity contribution is 5.93. The van der Waals surface area contributed by atoms with Gasteiger partial charge in [0.1, 0.15) is 5.56 Å². The van der Waals surface area contributed by atoms with Gasteiger partial charge in [0, 0.05) is 12.7 Å². The molecule has 1 aromatic heterocycles. The first-order valence-corrected chi connectivity index (χ1v) is 6.41. The number of H-pyrrole nitrogens is 1. The van der Waals surface area contributed by atoms with Crippen molar-refractivity contribution in [1.29, 1.82) is 0 Å². The van der Waals surface area contributed by atoms with Crippen LogP contribution in [0.5, 0.6) is 0 Å². The van der Waals surface area contributed by atoms with E-state index in [0.717, 1.165) is 19.3 Å². The Labute approximate surface area is 106 Å². The first kappa shape index (κ1) is 12.6. The number of carbonyl (C=O) groups is 1. The Morgan fingerprint density at radius 3 is 3.00 bits per heavy atom. The number of pyridine rings is 1. The highest BCUT2D eigenvalue weighted by Gasteiger charge is 2.09. The van der Waals surface area contributed by atoms with Crippen molar-refractivity contribution in [1.82, 2.24) is 10.3 Å². The molecular formula is C14H18N2O2. The smallest absolute Gasteiger partial charge is 0.260 e. The van der Waals surface area contributed by atoms with Gasteiger partial charge in [-0.1, -0.05) is 11.6 Å². The predicted octanol–water partition coefficient (Wildman–Crippen LogP) is 2.00. The Morgan fingerprint density at radius 2 is 2.28 bits per heavy atom. The van der Waals surface area contributed by atoms with Crippen molar-refractivity contribution in [2.45, 2.75) is 32.1 Å². The summed E-state index contributed by atoms with van der Waals surface area (Å²) in [5.41, 5.74) is 1.26. The van der Waals surface area contributed by atoms with E-state index in [2.05, 4.69) is 16.4 Å². The van der Waals surface area contributed by atoms with Gasteiger partial charge in [-0.05, 0) is 44.2 Å². The molecule has 18 heavy (non-hydrogen) atoms. The molecule has 4 heteroatoms. The lowest BCUT2D eigenvalue weighted by Crippen LogP contribution is -2.30. The molecule has 0 radical (unpaired) electrons. The maximum Gasteiger partial charge on any atom is 0.260 e. The normalized spacial score (nSPS) is 15.0. The maximum absolute atomic E-state index is 11.8. The van der Waals surface area contributed by atoms with Crippen LogP contribution >= 0.6 is 0 Å². The van der Waals surface area contributed by atoms with Gasteiger partial charge >= 0.3 is 0 Å². The minimum absolute atomic E-state index is 0.176. The van der Waals surface area contributed by atoms with Gasteiger partial charge in [-0.2, -0.15) is 0 Å². The van der Waals surface area contributed by atoms with Crippen LogP contribution in [0.15, 0.2) is 34.8 Å². The Kier molecular flexibility index (Phi) is 4.34. The van der Waals surface area contributed by atoms with E-state index in [4.69, 9.17) is 0 Å². The molecule has 96 valence electrons. The SMILES string of the molecule is O=C(NCCC1=CCCCC1)c1ccc[nH]c1=O. The number of aromatic nitrogens is 1. The molecule has 2 rings (SSSR count). The molecule has 0 atom stereocenters. The molecule has 1 aromatic rings. The van der Waals surface area contributed by atoms with Crippen molar-refractivity contribution in [2.24, 2.45) is 0 Å². The van der Waals surface area contributed by atoms with Gasteiger partial charge in [0.25, 0.3) is 11.5 Å². The maximum atomic E-state index is 11.8. The minimum Gasteiger partial charge on any atom is -0.352 e. The molecule has 0 fully saturated rings. The van der Waals surface area contributed by atoms with Crippen molar-refractivity contribution >= 4 is 5.91 Å². The predicted molar refractivity (Wildman–Crippen MR) is 70.6 cm³/mol. The number of hydrogen-bond acceptors (Lipinski definition) is 2. The number of aromatic amines is 1. The third-order valence-electron chi connectivity index (χ3n) is 3.18. The van der Waals surface area contributed by atoms with Crippen molar-refractivity contribution in [3.63, 3.8) is 0 Å². The average Bonchev–Trinajstić information content (AvgIpc) is 2.40. The highest BCUT2D eigenvalue weighted by Crippen LogP contribution is 2.19. The fourth-order valence-corrected chi connectivity index (χ4v) is 2.16. The molecule has 0 aromatic carbocycles. The summed E-state index contributed by atoms with van der Waals surface area (Å²) in [6, 6.07) is 3.19. The van der Waals surface area contributed by atoms with Crippen LogP contribution in [0.3, 0.4) is 0 Å². The van der Waals surface area contributed by atoms with E-state index in [-0.39, 0.29) is 17.0 Å². The van der Waals surface area contributed by atoms with Gasteiger partial charge in [-0.25, -0.2) is 0 Å². The first-order valence-electron chi connectivity index (χ1n) is 6.41. The zero-order valence-electron chi connectivity index (χ0n) is 10.4. The largest absolute Gasteiger partial charge is 0.352 e. The van der Waals surface area contributed by atoms with Gasteiger partial charge in [0.05, 0.1) is 0 Å². The fraction of sp³-hybridized carbons (Fsp3) is 0.429. The van der Waals surface area contributed by atoms with Crippen LogP contribution in [0, 0.1) is 0 Å². The summed E-state index contributed by atoms with van der Waals surface area (Å²) in [6.45, 7) is 0.596. The van der Waals surface area contributed by atoms with Gasteiger partial charge in [0.2, 0.25) is 0 Å². The van der Waals surface area contributed by atoms with Crippen LogP contribution in [0.25, 0.3) is 0 Å². The second-order valence-corrected chi connectivity index (χ2v) is 4.53. The zero-order chi connectivity index (χ0) is 12.8.